The van der Waals surface area contributed by atoms with Crippen LogP contribution >= 0.6 is 0 Å². The van der Waals surface area contributed by atoms with Crippen LogP contribution in [0, 0.1) is 0 Å². The summed E-state index contributed by atoms with van der Waals surface area (Å²) in [6, 6.07) is 15.2. The monoisotopic (exact) mass is 468 g/mol. The van der Waals surface area contributed by atoms with Crippen molar-refractivity contribution < 1.29 is 22.7 Å². The maximum atomic E-state index is 12.7. The molecule has 1 aromatic heterocycles. The summed E-state index contributed by atoms with van der Waals surface area (Å²) in [4.78, 5) is 21.2. The second-order valence-electron chi connectivity index (χ2n) is 7.35. The van der Waals surface area contributed by atoms with E-state index in [1.165, 1.54) is 34.9 Å². The Morgan fingerprint density at radius 2 is 1.76 bits per heavy atom. The lowest BCUT2D eigenvalue weighted by Gasteiger charge is -2.26. The molecule has 0 bridgehead atoms. The summed E-state index contributed by atoms with van der Waals surface area (Å²) >= 11 is 0. The Morgan fingerprint density at radius 3 is 2.42 bits per heavy atom. The first-order valence-electron chi connectivity index (χ1n) is 10.4. The summed E-state index contributed by atoms with van der Waals surface area (Å²) in [5.74, 6) is 0.430. The van der Waals surface area contributed by atoms with Crippen LogP contribution in [-0.2, 0) is 21.3 Å². The number of ether oxygens (including phenoxy) is 2. The number of hydrogen-bond acceptors (Lipinski definition) is 7. The number of carbonyl (C=O) groups is 1. The molecule has 2 aromatic carbocycles. The SMILES string of the molecule is COc1ccc(-c2cc(CNC(=O)c3ccc(S(=O)(=O)N4CCOCC4)cc3)ncn2)cc1. The van der Waals surface area contributed by atoms with Crippen LogP contribution in [-0.4, -0.2) is 62.0 Å². The average molecular weight is 469 g/mol. The number of sulfonamides is 1. The van der Waals surface area contributed by atoms with E-state index in [-0.39, 0.29) is 17.3 Å². The van der Waals surface area contributed by atoms with E-state index in [4.69, 9.17) is 9.47 Å². The molecular weight excluding hydrogens is 444 g/mol. The molecule has 3 aromatic rings. The number of nitrogens with one attached hydrogen (secondary N) is 1. The minimum Gasteiger partial charge on any atom is -0.497 e. The third-order valence-electron chi connectivity index (χ3n) is 5.26. The lowest BCUT2D eigenvalue weighted by Crippen LogP contribution is -2.40. The largest absolute Gasteiger partial charge is 0.497 e. The van der Waals surface area contributed by atoms with Crippen molar-refractivity contribution in [3.05, 3.63) is 72.2 Å². The van der Waals surface area contributed by atoms with Crippen LogP contribution in [0.25, 0.3) is 11.3 Å². The van der Waals surface area contributed by atoms with Gasteiger partial charge in [-0.05, 0) is 54.6 Å². The summed E-state index contributed by atoms with van der Waals surface area (Å²) in [6.07, 6.45) is 1.45. The normalized spacial score (nSPS) is 14.6. The van der Waals surface area contributed by atoms with Gasteiger partial charge >= 0.3 is 0 Å². The van der Waals surface area contributed by atoms with Crippen molar-refractivity contribution in [3.63, 3.8) is 0 Å². The van der Waals surface area contributed by atoms with E-state index in [0.29, 0.717) is 37.6 Å². The van der Waals surface area contributed by atoms with Gasteiger partial charge in [-0.1, -0.05) is 0 Å². The number of carbonyl (C=O) groups excluding carboxylic acids is 1. The third-order valence-corrected chi connectivity index (χ3v) is 7.18. The summed E-state index contributed by atoms with van der Waals surface area (Å²) < 4.78 is 37.2. The van der Waals surface area contributed by atoms with Crippen molar-refractivity contribution in [1.29, 1.82) is 0 Å². The van der Waals surface area contributed by atoms with Crippen molar-refractivity contribution in [2.75, 3.05) is 33.4 Å². The first-order valence-corrected chi connectivity index (χ1v) is 11.8. The van der Waals surface area contributed by atoms with Crippen LogP contribution < -0.4 is 10.1 Å². The highest BCUT2D eigenvalue weighted by Gasteiger charge is 2.26. The first kappa shape index (κ1) is 22.8. The van der Waals surface area contributed by atoms with Crippen LogP contribution in [0.15, 0.2) is 65.8 Å². The zero-order chi connectivity index (χ0) is 23.3. The molecule has 2 heterocycles. The molecule has 1 aliphatic rings. The minimum absolute atomic E-state index is 0.154. The smallest absolute Gasteiger partial charge is 0.251 e. The topological polar surface area (TPSA) is 111 Å². The van der Waals surface area contributed by atoms with Crippen LogP contribution in [0.5, 0.6) is 5.75 Å². The summed E-state index contributed by atoms with van der Waals surface area (Å²) in [5, 5.41) is 2.81. The molecule has 0 saturated carbocycles. The van der Waals surface area contributed by atoms with Gasteiger partial charge in [-0.15, -0.1) is 0 Å². The molecule has 0 aliphatic carbocycles. The van der Waals surface area contributed by atoms with E-state index in [1.807, 2.05) is 24.3 Å². The van der Waals surface area contributed by atoms with E-state index in [0.717, 1.165) is 17.0 Å². The van der Waals surface area contributed by atoms with Crippen LogP contribution in [0.1, 0.15) is 16.1 Å². The van der Waals surface area contributed by atoms with Gasteiger partial charge in [-0.3, -0.25) is 4.79 Å². The number of aromatic nitrogens is 2. The zero-order valence-corrected chi connectivity index (χ0v) is 18.9. The Hall–Kier alpha value is -3.34. The molecule has 0 spiro atoms. The molecule has 1 saturated heterocycles. The fourth-order valence-corrected chi connectivity index (χ4v) is 4.81. The number of rotatable bonds is 7. The minimum atomic E-state index is -3.60. The van der Waals surface area contributed by atoms with Gasteiger partial charge in [0.05, 0.1) is 43.2 Å². The molecule has 33 heavy (non-hydrogen) atoms. The van der Waals surface area contributed by atoms with E-state index >= 15 is 0 Å². The maximum absolute atomic E-state index is 12.7. The van der Waals surface area contributed by atoms with E-state index < -0.39 is 10.0 Å². The van der Waals surface area contributed by atoms with Crippen LogP contribution in [0.4, 0.5) is 0 Å². The number of methoxy groups -OCH3 is 1. The fraction of sp³-hybridized carbons (Fsp3) is 0.261. The predicted octanol–water partition coefficient (Wildman–Crippen LogP) is 2.10. The lowest BCUT2D eigenvalue weighted by atomic mass is 10.1. The van der Waals surface area contributed by atoms with Crippen molar-refractivity contribution in [2.24, 2.45) is 0 Å². The predicted molar refractivity (Wildman–Crippen MR) is 121 cm³/mol. The Morgan fingerprint density at radius 1 is 1.06 bits per heavy atom. The Kier molecular flexibility index (Phi) is 6.97. The third kappa shape index (κ3) is 5.36. The van der Waals surface area contributed by atoms with Crippen molar-refractivity contribution in [3.8, 4) is 17.0 Å². The van der Waals surface area contributed by atoms with Gasteiger partial charge in [0, 0.05) is 24.2 Å². The zero-order valence-electron chi connectivity index (χ0n) is 18.1. The summed E-state index contributed by atoms with van der Waals surface area (Å²) in [7, 11) is -1.99. The van der Waals surface area contributed by atoms with Gasteiger partial charge in [0.25, 0.3) is 5.91 Å². The summed E-state index contributed by atoms with van der Waals surface area (Å²) in [5.41, 5.74) is 2.65. The van der Waals surface area contributed by atoms with Gasteiger partial charge < -0.3 is 14.8 Å². The fourth-order valence-electron chi connectivity index (χ4n) is 3.40. The molecule has 0 unspecified atom stereocenters. The molecular formula is C23H24N4O5S. The van der Waals surface area contributed by atoms with Gasteiger partial charge in [0.2, 0.25) is 10.0 Å². The Balaban J connectivity index is 1.39. The highest BCUT2D eigenvalue weighted by molar-refractivity contribution is 7.89. The van der Waals surface area contributed by atoms with E-state index in [2.05, 4.69) is 15.3 Å². The van der Waals surface area contributed by atoms with E-state index in [9.17, 15) is 13.2 Å². The highest BCUT2D eigenvalue weighted by atomic mass is 32.2. The molecule has 10 heteroatoms. The molecule has 9 nitrogen and oxygen atoms in total. The number of morpholine rings is 1. The molecule has 1 aliphatic heterocycles. The Bertz CT molecular complexity index is 1210. The lowest BCUT2D eigenvalue weighted by molar-refractivity contribution is 0.0730. The second-order valence-corrected chi connectivity index (χ2v) is 9.28. The van der Waals surface area contributed by atoms with Gasteiger partial charge in [0.15, 0.2) is 0 Å². The Labute approximate surface area is 192 Å². The maximum Gasteiger partial charge on any atom is 0.251 e. The first-order chi connectivity index (χ1) is 16.0. The molecule has 4 rings (SSSR count). The molecule has 0 radical (unpaired) electrons. The number of benzene rings is 2. The summed E-state index contributed by atoms with van der Waals surface area (Å²) in [6.45, 7) is 1.61. The van der Waals surface area contributed by atoms with Crippen LogP contribution in [0.3, 0.4) is 0 Å². The molecule has 0 atom stereocenters. The number of hydrogen-bond donors (Lipinski definition) is 1. The quantitative estimate of drug-likeness (QED) is 0.565. The molecule has 172 valence electrons. The van der Waals surface area contributed by atoms with E-state index in [1.54, 1.807) is 13.2 Å². The molecule has 1 fully saturated rings. The van der Waals surface area contributed by atoms with Crippen molar-refractivity contribution >= 4 is 15.9 Å². The van der Waals surface area contributed by atoms with Gasteiger partial charge in [0.1, 0.15) is 12.1 Å². The average Bonchev–Trinajstić information content (AvgIpc) is 2.88. The highest BCUT2D eigenvalue weighted by Crippen LogP contribution is 2.21. The second kappa shape index (κ2) is 10.1. The van der Waals surface area contributed by atoms with Crippen LogP contribution in [0.2, 0.25) is 0 Å². The standard InChI is InChI=1S/C23H24N4O5S/c1-31-20-6-2-17(3-7-20)22-14-19(25-16-26-22)15-24-23(28)18-4-8-21(9-5-18)33(29,30)27-10-12-32-13-11-27/h2-9,14,16H,10-13,15H2,1H3,(H,24,28). The molecule has 1 amide bonds. The van der Waals surface area contributed by atoms with Gasteiger partial charge in [-0.2, -0.15) is 4.31 Å². The molecule has 1 N–H and O–H groups in total. The number of amides is 1. The van der Waals surface area contributed by atoms with Crippen molar-refractivity contribution in [1.82, 2.24) is 19.6 Å². The number of nitrogens with zero attached hydrogens (tertiary/aromatic N) is 3. The van der Waals surface area contributed by atoms with Gasteiger partial charge in [-0.25, -0.2) is 18.4 Å². The van der Waals surface area contributed by atoms with Crippen molar-refractivity contribution in [2.45, 2.75) is 11.4 Å².